The van der Waals surface area contributed by atoms with Gasteiger partial charge in [0.15, 0.2) is 0 Å². The van der Waals surface area contributed by atoms with E-state index in [9.17, 15) is 18.0 Å². The van der Waals surface area contributed by atoms with Gasteiger partial charge in [-0.05, 0) is 12.0 Å². The predicted octanol–water partition coefficient (Wildman–Crippen LogP) is -0.167. The van der Waals surface area contributed by atoms with E-state index in [-0.39, 0.29) is 30.5 Å². The van der Waals surface area contributed by atoms with Gasteiger partial charge in [0.25, 0.3) is 16.1 Å². The van der Waals surface area contributed by atoms with Crippen molar-refractivity contribution in [1.29, 1.82) is 0 Å². The van der Waals surface area contributed by atoms with Gasteiger partial charge in [0, 0.05) is 51.0 Å². The van der Waals surface area contributed by atoms with E-state index in [1.54, 1.807) is 11.0 Å². The number of rotatable bonds is 4. The van der Waals surface area contributed by atoms with Crippen molar-refractivity contribution >= 4 is 16.1 Å². The molecule has 0 radical (unpaired) electrons. The standard InChI is InChI=1S/C17H26N4O5S/c1-13(2)16-14(3-4-15(22)18-16)17(23)19-5-7-20(8-6-19)27(24,25)21-9-11-26-12-10-21/h3-4,13H,5-12H2,1-2H3,(H,18,22). The van der Waals surface area contributed by atoms with Gasteiger partial charge >= 0.3 is 0 Å². The van der Waals surface area contributed by atoms with E-state index in [0.29, 0.717) is 50.7 Å². The molecule has 1 N–H and O–H groups in total. The molecular weight excluding hydrogens is 372 g/mol. The van der Waals surface area contributed by atoms with E-state index >= 15 is 0 Å². The van der Waals surface area contributed by atoms with Crippen molar-refractivity contribution in [2.24, 2.45) is 0 Å². The van der Waals surface area contributed by atoms with Crippen LogP contribution in [0.1, 0.15) is 35.8 Å². The molecule has 1 aromatic rings. The molecular formula is C17H26N4O5S. The number of aromatic amines is 1. The highest BCUT2D eigenvalue weighted by Gasteiger charge is 2.34. The molecule has 2 aliphatic heterocycles. The number of morpholine rings is 1. The van der Waals surface area contributed by atoms with E-state index in [2.05, 4.69) is 4.98 Å². The molecule has 0 aromatic carbocycles. The quantitative estimate of drug-likeness (QED) is 0.759. The molecule has 2 fully saturated rings. The van der Waals surface area contributed by atoms with E-state index in [1.165, 1.54) is 14.7 Å². The molecule has 0 aliphatic carbocycles. The lowest BCUT2D eigenvalue weighted by Gasteiger charge is -2.37. The van der Waals surface area contributed by atoms with Gasteiger partial charge in [-0.1, -0.05) is 13.8 Å². The Morgan fingerprint density at radius 3 is 2.22 bits per heavy atom. The monoisotopic (exact) mass is 398 g/mol. The molecule has 1 amide bonds. The van der Waals surface area contributed by atoms with E-state index < -0.39 is 10.2 Å². The minimum absolute atomic E-state index is 0.000775. The number of ether oxygens (including phenoxy) is 1. The molecule has 10 heteroatoms. The number of nitrogens with zero attached hydrogens (tertiary/aromatic N) is 3. The van der Waals surface area contributed by atoms with Gasteiger partial charge in [-0.3, -0.25) is 9.59 Å². The molecule has 0 unspecified atom stereocenters. The predicted molar refractivity (Wildman–Crippen MR) is 99.9 cm³/mol. The number of hydrogen-bond donors (Lipinski definition) is 1. The molecule has 27 heavy (non-hydrogen) atoms. The van der Waals surface area contributed by atoms with Crippen molar-refractivity contribution in [3.05, 3.63) is 33.7 Å². The van der Waals surface area contributed by atoms with Crippen LogP contribution in [0.3, 0.4) is 0 Å². The molecule has 150 valence electrons. The Bertz CT molecular complexity index is 837. The summed E-state index contributed by atoms with van der Waals surface area (Å²) in [6, 6.07) is 2.89. The second kappa shape index (κ2) is 8.09. The van der Waals surface area contributed by atoms with Crippen LogP contribution in [0.25, 0.3) is 0 Å². The summed E-state index contributed by atoms with van der Waals surface area (Å²) in [6.07, 6.45) is 0. The van der Waals surface area contributed by atoms with Crippen molar-refractivity contribution in [2.45, 2.75) is 19.8 Å². The maximum absolute atomic E-state index is 12.9. The number of pyridine rings is 1. The van der Waals surface area contributed by atoms with Crippen LogP contribution in [0.4, 0.5) is 0 Å². The van der Waals surface area contributed by atoms with E-state index in [1.807, 2.05) is 13.8 Å². The Balaban J connectivity index is 1.69. The molecule has 2 aliphatic rings. The minimum atomic E-state index is -3.52. The Hall–Kier alpha value is -1.75. The number of hydrogen-bond acceptors (Lipinski definition) is 5. The Labute approximate surface area is 159 Å². The van der Waals surface area contributed by atoms with Gasteiger partial charge in [0.1, 0.15) is 0 Å². The summed E-state index contributed by atoms with van der Waals surface area (Å²) in [5.41, 5.74) is 0.835. The topological polar surface area (TPSA) is 103 Å². The number of nitrogens with one attached hydrogen (secondary N) is 1. The Kier molecular flexibility index (Phi) is 5.99. The highest BCUT2D eigenvalue weighted by molar-refractivity contribution is 7.86. The van der Waals surface area contributed by atoms with Crippen molar-refractivity contribution in [3.8, 4) is 0 Å². The first-order chi connectivity index (χ1) is 12.8. The number of amides is 1. The van der Waals surface area contributed by atoms with E-state index in [0.717, 1.165) is 0 Å². The van der Waals surface area contributed by atoms with Gasteiger partial charge < -0.3 is 14.6 Å². The Morgan fingerprint density at radius 1 is 1.04 bits per heavy atom. The first-order valence-corrected chi connectivity index (χ1v) is 10.6. The highest BCUT2D eigenvalue weighted by atomic mass is 32.2. The van der Waals surface area contributed by atoms with Crippen molar-refractivity contribution < 1.29 is 17.9 Å². The fourth-order valence-electron chi connectivity index (χ4n) is 3.37. The zero-order valence-corrected chi connectivity index (χ0v) is 16.5. The summed E-state index contributed by atoms with van der Waals surface area (Å²) in [5.74, 6) is -0.181. The summed E-state index contributed by atoms with van der Waals surface area (Å²) in [4.78, 5) is 28.9. The molecule has 1 aromatic heterocycles. The average Bonchev–Trinajstić information content (AvgIpc) is 2.68. The number of H-pyrrole nitrogens is 1. The van der Waals surface area contributed by atoms with Crippen LogP contribution in [0.15, 0.2) is 16.9 Å². The lowest BCUT2D eigenvalue weighted by molar-refractivity contribution is 0.0635. The van der Waals surface area contributed by atoms with Crippen LogP contribution in [-0.4, -0.2) is 85.3 Å². The largest absolute Gasteiger partial charge is 0.379 e. The second-order valence-electron chi connectivity index (χ2n) is 7.02. The van der Waals surface area contributed by atoms with Crippen molar-refractivity contribution in [3.63, 3.8) is 0 Å². The minimum Gasteiger partial charge on any atom is -0.379 e. The zero-order valence-electron chi connectivity index (χ0n) is 15.7. The SMILES string of the molecule is CC(C)c1[nH]c(=O)ccc1C(=O)N1CCN(S(=O)(=O)N2CCOCC2)CC1. The van der Waals surface area contributed by atoms with Gasteiger partial charge in [-0.25, -0.2) is 0 Å². The van der Waals surface area contributed by atoms with Crippen molar-refractivity contribution in [1.82, 2.24) is 18.5 Å². The molecule has 2 saturated heterocycles. The maximum atomic E-state index is 12.9. The fraction of sp³-hybridized carbons (Fsp3) is 0.647. The van der Waals surface area contributed by atoms with Crippen LogP contribution in [0, 0.1) is 0 Å². The lowest BCUT2D eigenvalue weighted by atomic mass is 10.0. The molecule has 3 rings (SSSR count). The number of carbonyl (C=O) groups excluding carboxylic acids is 1. The van der Waals surface area contributed by atoms with Crippen LogP contribution in [0.2, 0.25) is 0 Å². The van der Waals surface area contributed by atoms with Gasteiger partial charge in [-0.15, -0.1) is 0 Å². The first kappa shape index (κ1) is 20.0. The Morgan fingerprint density at radius 2 is 1.63 bits per heavy atom. The molecule has 0 bridgehead atoms. The second-order valence-corrected chi connectivity index (χ2v) is 8.94. The molecule has 3 heterocycles. The molecule has 0 spiro atoms. The van der Waals surface area contributed by atoms with Gasteiger partial charge in [0.05, 0.1) is 18.8 Å². The smallest absolute Gasteiger partial charge is 0.282 e. The first-order valence-electron chi connectivity index (χ1n) is 9.16. The molecule has 0 saturated carbocycles. The highest BCUT2D eigenvalue weighted by Crippen LogP contribution is 2.19. The molecule has 0 atom stereocenters. The van der Waals surface area contributed by atoms with E-state index in [4.69, 9.17) is 4.74 Å². The third-order valence-electron chi connectivity index (χ3n) is 4.91. The zero-order chi connectivity index (χ0) is 19.6. The van der Waals surface area contributed by atoms with Crippen LogP contribution < -0.4 is 5.56 Å². The maximum Gasteiger partial charge on any atom is 0.282 e. The van der Waals surface area contributed by atoms with Crippen LogP contribution in [-0.2, 0) is 14.9 Å². The number of carbonyl (C=O) groups is 1. The summed E-state index contributed by atoms with van der Waals surface area (Å²) in [5, 5.41) is 0. The van der Waals surface area contributed by atoms with Crippen molar-refractivity contribution in [2.75, 3.05) is 52.5 Å². The number of piperazine rings is 1. The summed E-state index contributed by atoms with van der Waals surface area (Å²) >= 11 is 0. The normalized spacial score (nSPS) is 20.2. The van der Waals surface area contributed by atoms with Crippen LogP contribution in [0.5, 0.6) is 0 Å². The van der Waals surface area contributed by atoms with Crippen LogP contribution >= 0.6 is 0 Å². The number of aromatic nitrogens is 1. The molecule has 9 nitrogen and oxygen atoms in total. The summed E-state index contributed by atoms with van der Waals surface area (Å²) < 4.78 is 33.5. The van der Waals surface area contributed by atoms with Gasteiger partial charge in [0.2, 0.25) is 5.56 Å². The summed E-state index contributed by atoms with van der Waals surface area (Å²) in [6.45, 7) is 6.50. The lowest BCUT2D eigenvalue weighted by Crippen LogP contribution is -2.55. The third kappa shape index (κ3) is 4.23. The van der Waals surface area contributed by atoms with Gasteiger partial charge in [-0.2, -0.15) is 17.0 Å². The fourth-order valence-corrected chi connectivity index (χ4v) is 4.93. The average molecular weight is 398 g/mol. The summed E-state index contributed by atoms with van der Waals surface area (Å²) in [7, 11) is -3.52. The third-order valence-corrected chi connectivity index (χ3v) is 6.94.